The van der Waals surface area contributed by atoms with Crippen LogP contribution in [0.3, 0.4) is 0 Å². The van der Waals surface area contributed by atoms with Gasteiger partial charge in [-0.3, -0.25) is 9.59 Å². The monoisotopic (exact) mass is 176 g/mol. The van der Waals surface area contributed by atoms with Crippen LogP contribution >= 0.6 is 0 Å². The number of hydrogen-bond acceptors (Lipinski definition) is 4. The van der Waals surface area contributed by atoms with Gasteiger partial charge in [-0.2, -0.15) is 0 Å². The number of carboxylic acids is 2. The summed E-state index contributed by atoms with van der Waals surface area (Å²) in [5.74, 6) is -2.23. The zero-order valence-electron chi connectivity index (χ0n) is 6.43. The molecule has 0 aliphatic heterocycles. The fraction of sp³-hybridized carbons (Fsp3) is 0.667. The van der Waals surface area contributed by atoms with Gasteiger partial charge in [-0.1, -0.05) is 0 Å². The van der Waals surface area contributed by atoms with Crippen LogP contribution in [0.1, 0.15) is 12.8 Å². The summed E-state index contributed by atoms with van der Waals surface area (Å²) < 4.78 is 0. The molecule has 0 aromatic carbocycles. The quantitative estimate of drug-likeness (QED) is 0.407. The van der Waals surface area contributed by atoms with Crippen LogP contribution in [0.15, 0.2) is 0 Å². The molecule has 0 saturated heterocycles. The molecule has 0 aromatic heterocycles. The van der Waals surface area contributed by atoms with Crippen molar-refractivity contribution < 1.29 is 19.8 Å². The lowest BCUT2D eigenvalue weighted by Gasteiger charge is -2.11. The molecule has 0 rings (SSSR count). The van der Waals surface area contributed by atoms with E-state index in [9.17, 15) is 9.59 Å². The maximum Gasteiger partial charge on any atom is 0.320 e. The number of rotatable bonds is 5. The number of nitrogens with two attached hydrogens (primary N) is 2. The number of hydrogen-bond donors (Lipinski definition) is 4. The Hall–Kier alpha value is -1.14. The fourth-order valence-electron chi connectivity index (χ4n) is 0.735. The minimum atomic E-state index is -1.17. The first-order valence-corrected chi connectivity index (χ1v) is 3.39. The highest BCUT2D eigenvalue weighted by Crippen LogP contribution is 1.98. The molecule has 0 spiro atoms. The summed E-state index contributed by atoms with van der Waals surface area (Å²) in [4.78, 5) is 20.3. The lowest BCUT2D eigenvalue weighted by atomic mass is 10.1. The van der Waals surface area contributed by atoms with Gasteiger partial charge in [-0.25, -0.2) is 0 Å². The average Bonchev–Trinajstić information content (AvgIpc) is 1.84. The Morgan fingerprint density at radius 1 is 1.25 bits per heavy atom. The van der Waals surface area contributed by atoms with Gasteiger partial charge >= 0.3 is 11.9 Å². The third-order valence-electron chi connectivity index (χ3n) is 1.31. The Labute approximate surface area is 69.2 Å². The molecular formula is C6H12N2O4. The van der Waals surface area contributed by atoms with Gasteiger partial charge in [-0.15, -0.1) is 0 Å². The van der Waals surface area contributed by atoms with E-state index in [0.717, 1.165) is 0 Å². The highest BCUT2D eigenvalue weighted by Gasteiger charge is 2.17. The van der Waals surface area contributed by atoms with Gasteiger partial charge in [0.2, 0.25) is 0 Å². The van der Waals surface area contributed by atoms with Crippen LogP contribution in [-0.4, -0.2) is 34.2 Å². The van der Waals surface area contributed by atoms with Gasteiger partial charge in [0.15, 0.2) is 0 Å². The largest absolute Gasteiger partial charge is 0.481 e. The molecule has 0 radical (unpaired) electrons. The van der Waals surface area contributed by atoms with Crippen LogP contribution in [0.2, 0.25) is 0 Å². The Morgan fingerprint density at radius 3 is 2.08 bits per heavy atom. The van der Waals surface area contributed by atoms with Crippen molar-refractivity contribution in [2.24, 2.45) is 11.5 Å². The van der Waals surface area contributed by atoms with Crippen molar-refractivity contribution in [1.82, 2.24) is 0 Å². The predicted octanol–water partition coefficient (Wildman–Crippen LogP) is -1.41. The molecule has 12 heavy (non-hydrogen) atoms. The van der Waals surface area contributed by atoms with Crippen molar-refractivity contribution in [3.63, 3.8) is 0 Å². The van der Waals surface area contributed by atoms with E-state index in [1.54, 1.807) is 0 Å². The fourth-order valence-corrected chi connectivity index (χ4v) is 0.735. The highest BCUT2D eigenvalue weighted by atomic mass is 16.4. The van der Waals surface area contributed by atoms with Crippen molar-refractivity contribution in [1.29, 1.82) is 0 Å². The molecule has 0 aliphatic carbocycles. The van der Waals surface area contributed by atoms with Crippen LogP contribution < -0.4 is 11.5 Å². The smallest absolute Gasteiger partial charge is 0.320 e. The van der Waals surface area contributed by atoms with Crippen molar-refractivity contribution in [2.45, 2.75) is 24.9 Å². The van der Waals surface area contributed by atoms with Crippen LogP contribution in [0.25, 0.3) is 0 Å². The zero-order chi connectivity index (χ0) is 9.72. The Bertz CT molecular complexity index is 182. The molecule has 0 heterocycles. The van der Waals surface area contributed by atoms with Gasteiger partial charge in [0.05, 0.1) is 6.42 Å². The first kappa shape index (κ1) is 10.9. The molecule has 70 valence electrons. The molecular weight excluding hydrogens is 164 g/mol. The molecule has 0 saturated carbocycles. The minimum Gasteiger partial charge on any atom is -0.481 e. The van der Waals surface area contributed by atoms with Gasteiger partial charge < -0.3 is 21.7 Å². The molecule has 2 unspecified atom stereocenters. The van der Waals surface area contributed by atoms with Crippen LogP contribution in [0.5, 0.6) is 0 Å². The van der Waals surface area contributed by atoms with E-state index in [4.69, 9.17) is 21.7 Å². The molecule has 0 aliphatic rings. The van der Waals surface area contributed by atoms with E-state index in [0.29, 0.717) is 0 Å². The summed E-state index contributed by atoms with van der Waals surface area (Å²) >= 11 is 0. The zero-order valence-corrected chi connectivity index (χ0v) is 6.43. The maximum absolute atomic E-state index is 10.2. The normalized spacial score (nSPS) is 15.2. The van der Waals surface area contributed by atoms with Crippen molar-refractivity contribution in [2.75, 3.05) is 0 Å². The second-order valence-corrected chi connectivity index (χ2v) is 2.54. The van der Waals surface area contributed by atoms with Crippen molar-refractivity contribution in [3.05, 3.63) is 0 Å². The van der Waals surface area contributed by atoms with E-state index < -0.39 is 24.0 Å². The lowest BCUT2D eigenvalue weighted by Crippen LogP contribution is -2.38. The van der Waals surface area contributed by atoms with E-state index >= 15 is 0 Å². The van der Waals surface area contributed by atoms with E-state index in [2.05, 4.69) is 0 Å². The molecule has 2 atom stereocenters. The van der Waals surface area contributed by atoms with Gasteiger partial charge in [0, 0.05) is 6.04 Å². The molecule has 6 heteroatoms. The summed E-state index contributed by atoms with van der Waals surface area (Å²) in [7, 11) is 0. The van der Waals surface area contributed by atoms with Gasteiger partial charge in [0.1, 0.15) is 6.04 Å². The van der Waals surface area contributed by atoms with E-state index in [-0.39, 0.29) is 12.8 Å². The molecule has 0 amide bonds. The summed E-state index contributed by atoms with van der Waals surface area (Å²) in [6.45, 7) is 0. The van der Waals surface area contributed by atoms with Crippen molar-refractivity contribution in [3.8, 4) is 0 Å². The average molecular weight is 176 g/mol. The first-order valence-electron chi connectivity index (χ1n) is 3.39. The Balaban J connectivity index is 3.76. The molecule has 6 N–H and O–H groups in total. The first-order chi connectivity index (χ1) is 5.43. The van der Waals surface area contributed by atoms with Crippen LogP contribution in [0, 0.1) is 0 Å². The SMILES string of the molecule is NC(CC(=O)O)CC(N)C(=O)O. The highest BCUT2D eigenvalue weighted by molar-refractivity contribution is 5.73. The van der Waals surface area contributed by atoms with Crippen LogP contribution in [-0.2, 0) is 9.59 Å². The summed E-state index contributed by atoms with van der Waals surface area (Å²) in [5.41, 5.74) is 10.4. The topological polar surface area (TPSA) is 127 Å². The van der Waals surface area contributed by atoms with E-state index in [1.807, 2.05) is 0 Å². The summed E-state index contributed by atoms with van der Waals surface area (Å²) in [5, 5.41) is 16.6. The number of carboxylic acid groups (broad SMARTS) is 2. The summed E-state index contributed by atoms with van der Waals surface area (Å²) in [6, 6.07) is -1.78. The third-order valence-corrected chi connectivity index (χ3v) is 1.31. The molecule has 0 bridgehead atoms. The lowest BCUT2D eigenvalue weighted by molar-refractivity contribution is -0.140. The second-order valence-electron chi connectivity index (χ2n) is 2.54. The Kier molecular flexibility index (Phi) is 4.24. The van der Waals surface area contributed by atoms with E-state index in [1.165, 1.54) is 0 Å². The second kappa shape index (κ2) is 4.68. The Morgan fingerprint density at radius 2 is 1.75 bits per heavy atom. The van der Waals surface area contributed by atoms with Crippen LogP contribution in [0.4, 0.5) is 0 Å². The molecule has 6 nitrogen and oxygen atoms in total. The van der Waals surface area contributed by atoms with Gasteiger partial charge in [-0.05, 0) is 6.42 Å². The third kappa shape index (κ3) is 4.64. The standard InChI is InChI=1S/C6H12N2O4/c7-3(2-5(9)10)1-4(8)6(11)12/h3-4H,1-2,7-8H2,(H,9,10)(H,11,12). The number of carbonyl (C=O) groups is 2. The summed E-state index contributed by atoms with van der Waals surface area (Å²) in [6.07, 6.45) is -0.289. The predicted molar refractivity (Wildman–Crippen MR) is 40.5 cm³/mol. The minimum absolute atomic E-state index is 0.0262. The maximum atomic E-state index is 10.2. The van der Waals surface area contributed by atoms with Crippen molar-refractivity contribution >= 4 is 11.9 Å². The molecule has 0 aromatic rings. The molecule has 0 fully saturated rings. The number of aliphatic carboxylic acids is 2. The van der Waals surface area contributed by atoms with Gasteiger partial charge in [0.25, 0.3) is 0 Å².